The first-order valence-corrected chi connectivity index (χ1v) is 8.80. The number of nitrogens with zero attached hydrogens (tertiary/aromatic N) is 2. The van der Waals surface area contributed by atoms with E-state index < -0.39 is 0 Å². The third kappa shape index (κ3) is 4.28. The first-order chi connectivity index (χ1) is 9.99. The van der Waals surface area contributed by atoms with E-state index in [9.17, 15) is 0 Å². The van der Waals surface area contributed by atoms with E-state index in [1.54, 1.807) is 11.3 Å². The molecule has 0 aliphatic rings. The molecule has 0 saturated heterocycles. The third-order valence-corrected chi connectivity index (χ3v) is 4.96. The van der Waals surface area contributed by atoms with E-state index in [4.69, 9.17) is 0 Å². The molecule has 0 saturated carbocycles. The van der Waals surface area contributed by atoms with E-state index in [-0.39, 0.29) is 0 Å². The molecule has 0 fully saturated rings. The second kappa shape index (κ2) is 7.38. The van der Waals surface area contributed by atoms with E-state index in [0.29, 0.717) is 12.1 Å². The van der Waals surface area contributed by atoms with Gasteiger partial charge in [0.05, 0.1) is 6.04 Å². The predicted molar refractivity (Wildman–Crippen MR) is 95.0 cm³/mol. The maximum Gasteiger partial charge on any atom is 0.133 e. The van der Waals surface area contributed by atoms with Crippen molar-refractivity contribution in [2.24, 2.45) is 0 Å². The minimum Gasteiger partial charge on any atom is -0.352 e. The molecular weight excluding hydrogens is 346 g/mol. The van der Waals surface area contributed by atoms with E-state index in [1.165, 1.54) is 10.4 Å². The standard InChI is InChI=1S/C16H22BrN3S/c1-11(2)18-9-13-8-14(17)10-19-16(13)20(4)12(3)15-6-5-7-21-15/h5-8,10-12,18H,9H2,1-4H3. The molecule has 0 aliphatic carbocycles. The highest BCUT2D eigenvalue weighted by Crippen LogP contribution is 2.30. The van der Waals surface area contributed by atoms with Crippen LogP contribution in [0.3, 0.4) is 0 Å². The monoisotopic (exact) mass is 367 g/mol. The first kappa shape index (κ1) is 16.5. The largest absolute Gasteiger partial charge is 0.352 e. The Balaban J connectivity index is 2.25. The van der Waals surface area contributed by atoms with Gasteiger partial charge in [0.25, 0.3) is 0 Å². The molecule has 0 spiro atoms. The molecule has 0 amide bonds. The van der Waals surface area contributed by atoms with Gasteiger partial charge in [0, 0.05) is 40.7 Å². The van der Waals surface area contributed by atoms with Crippen molar-refractivity contribution in [3.05, 3.63) is 44.7 Å². The minimum absolute atomic E-state index is 0.316. The van der Waals surface area contributed by atoms with Crippen LogP contribution in [-0.4, -0.2) is 18.1 Å². The SMILES string of the molecule is CC(C)NCc1cc(Br)cnc1N(C)C(C)c1cccs1. The molecule has 1 N–H and O–H groups in total. The Labute approximate surface area is 139 Å². The summed E-state index contributed by atoms with van der Waals surface area (Å²) in [5, 5.41) is 5.59. The Morgan fingerprint density at radius 1 is 1.38 bits per heavy atom. The molecule has 0 radical (unpaired) electrons. The van der Waals surface area contributed by atoms with Gasteiger partial charge in [0.2, 0.25) is 0 Å². The molecule has 1 unspecified atom stereocenters. The van der Waals surface area contributed by atoms with Crippen molar-refractivity contribution in [3.8, 4) is 0 Å². The van der Waals surface area contributed by atoms with Crippen LogP contribution in [0.4, 0.5) is 5.82 Å². The van der Waals surface area contributed by atoms with Gasteiger partial charge >= 0.3 is 0 Å². The topological polar surface area (TPSA) is 28.2 Å². The summed E-state index contributed by atoms with van der Waals surface area (Å²) in [6.07, 6.45) is 1.87. The zero-order chi connectivity index (χ0) is 15.4. The van der Waals surface area contributed by atoms with Crippen molar-refractivity contribution in [1.82, 2.24) is 10.3 Å². The smallest absolute Gasteiger partial charge is 0.133 e. The van der Waals surface area contributed by atoms with Crippen LogP contribution in [0.1, 0.15) is 37.3 Å². The van der Waals surface area contributed by atoms with Crippen molar-refractivity contribution < 1.29 is 0 Å². The lowest BCUT2D eigenvalue weighted by atomic mass is 10.2. The zero-order valence-electron chi connectivity index (χ0n) is 12.9. The van der Waals surface area contributed by atoms with Gasteiger partial charge in [-0.1, -0.05) is 19.9 Å². The lowest BCUT2D eigenvalue weighted by Gasteiger charge is -2.27. The van der Waals surface area contributed by atoms with Gasteiger partial charge in [0.1, 0.15) is 5.82 Å². The van der Waals surface area contributed by atoms with Gasteiger partial charge in [-0.05, 0) is 40.4 Å². The fourth-order valence-corrected chi connectivity index (χ4v) is 3.34. The maximum atomic E-state index is 4.63. The molecule has 0 aliphatic heterocycles. The fourth-order valence-electron chi connectivity index (χ4n) is 2.14. The number of hydrogen-bond acceptors (Lipinski definition) is 4. The lowest BCUT2D eigenvalue weighted by molar-refractivity contribution is 0.585. The van der Waals surface area contributed by atoms with Crippen LogP contribution < -0.4 is 10.2 Å². The summed E-state index contributed by atoms with van der Waals surface area (Å²) in [5.74, 6) is 1.03. The molecule has 2 aromatic heterocycles. The molecule has 5 heteroatoms. The van der Waals surface area contributed by atoms with Gasteiger partial charge < -0.3 is 10.2 Å². The molecule has 2 aromatic rings. The zero-order valence-corrected chi connectivity index (χ0v) is 15.3. The van der Waals surface area contributed by atoms with E-state index in [0.717, 1.165) is 16.8 Å². The number of aromatic nitrogens is 1. The quantitative estimate of drug-likeness (QED) is 0.808. The van der Waals surface area contributed by atoms with Gasteiger partial charge in [-0.15, -0.1) is 11.3 Å². The molecule has 21 heavy (non-hydrogen) atoms. The Morgan fingerprint density at radius 2 is 2.14 bits per heavy atom. The molecule has 0 bridgehead atoms. The number of hydrogen-bond donors (Lipinski definition) is 1. The van der Waals surface area contributed by atoms with Crippen LogP contribution in [0.15, 0.2) is 34.2 Å². The summed E-state index contributed by atoms with van der Waals surface area (Å²) in [4.78, 5) is 8.23. The molecule has 2 rings (SSSR count). The highest BCUT2D eigenvalue weighted by Gasteiger charge is 2.17. The number of halogens is 1. The van der Waals surface area contributed by atoms with E-state index >= 15 is 0 Å². The van der Waals surface area contributed by atoms with Crippen LogP contribution in [0.5, 0.6) is 0 Å². The van der Waals surface area contributed by atoms with Crippen LogP contribution in [0, 0.1) is 0 Å². The van der Waals surface area contributed by atoms with Crippen LogP contribution in [0.25, 0.3) is 0 Å². The number of thiophene rings is 1. The molecule has 0 aromatic carbocycles. The summed E-state index contributed by atoms with van der Waals surface area (Å²) in [7, 11) is 2.11. The van der Waals surface area contributed by atoms with Crippen LogP contribution in [0.2, 0.25) is 0 Å². The summed E-state index contributed by atoms with van der Waals surface area (Å²) in [6.45, 7) is 7.35. The van der Waals surface area contributed by atoms with Crippen molar-refractivity contribution in [2.45, 2.75) is 39.4 Å². The summed E-state index contributed by atoms with van der Waals surface area (Å²) >= 11 is 5.31. The highest BCUT2D eigenvalue weighted by molar-refractivity contribution is 9.10. The summed E-state index contributed by atoms with van der Waals surface area (Å²) in [5.41, 5.74) is 1.21. The molecule has 114 valence electrons. The van der Waals surface area contributed by atoms with Crippen LogP contribution in [-0.2, 0) is 6.54 Å². The number of rotatable bonds is 6. The summed E-state index contributed by atoms with van der Waals surface area (Å²) in [6, 6.07) is 7.19. The normalized spacial score (nSPS) is 12.7. The van der Waals surface area contributed by atoms with Gasteiger partial charge in [-0.2, -0.15) is 0 Å². The molecule has 2 heterocycles. The summed E-state index contributed by atoms with van der Waals surface area (Å²) < 4.78 is 1.02. The number of pyridine rings is 1. The van der Waals surface area contributed by atoms with E-state index in [1.807, 2.05) is 6.20 Å². The third-order valence-electron chi connectivity index (χ3n) is 3.48. The van der Waals surface area contributed by atoms with Crippen molar-refractivity contribution in [2.75, 3.05) is 11.9 Å². The highest BCUT2D eigenvalue weighted by atomic mass is 79.9. The van der Waals surface area contributed by atoms with Crippen molar-refractivity contribution in [1.29, 1.82) is 0 Å². The van der Waals surface area contributed by atoms with Crippen molar-refractivity contribution >= 4 is 33.1 Å². The minimum atomic E-state index is 0.316. The Morgan fingerprint density at radius 3 is 2.76 bits per heavy atom. The first-order valence-electron chi connectivity index (χ1n) is 7.13. The Bertz CT molecular complexity index is 569. The molecule has 3 nitrogen and oxygen atoms in total. The molecule has 1 atom stereocenters. The maximum absolute atomic E-state index is 4.63. The Hall–Kier alpha value is -0.910. The second-order valence-electron chi connectivity index (χ2n) is 5.47. The van der Waals surface area contributed by atoms with Gasteiger partial charge in [-0.3, -0.25) is 0 Å². The van der Waals surface area contributed by atoms with Crippen LogP contribution >= 0.6 is 27.3 Å². The van der Waals surface area contributed by atoms with Gasteiger partial charge in [0.15, 0.2) is 0 Å². The molecular formula is C16H22BrN3S. The van der Waals surface area contributed by atoms with E-state index in [2.05, 4.69) is 82.5 Å². The fraction of sp³-hybridized carbons (Fsp3) is 0.438. The second-order valence-corrected chi connectivity index (χ2v) is 7.37. The number of anilines is 1. The van der Waals surface area contributed by atoms with Crippen molar-refractivity contribution in [3.63, 3.8) is 0 Å². The average Bonchev–Trinajstić information content (AvgIpc) is 2.97. The lowest BCUT2D eigenvalue weighted by Crippen LogP contribution is -2.27. The average molecular weight is 368 g/mol. The number of nitrogens with one attached hydrogen (secondary N) is 1. The van der Waals surface area contributed by atoms with Gasteiger partial charge in [-0.25, -0.2) is 4.98 Å². The Kier molecular flexibility index (Phi) is 5.79. The predicted octanol–water partition coefficient (Wildman–Crippen LogP) is 4.60.